The Morgan fingerprint density at radius 1 is 0.950 bits per heavy atom. The topological polar surface area (TPSA) is 116 Å². The molecule has 0 aliphatic carbocycles. The third-order valence-corrected chi connectivity index (χ3v) is 6.79. The number of carbonyl (C=O) groups is 3. The summed E-state index contributed by atoms with van der Waals surface area (Å²) in [6, 6.07) is 0.729. The second-order valence-electron chi connectivity index (χ2n) is 8.21. The van der Waals surface area contributed by atoms with Gasteiger partial charge in [0.1, 0.15) is 18.5 Å². The van der Waals surface area contributed by atoms with Gasteiger partial charge in [-0.3, -0.25) is 23.6 Å². The van der Waals surface area contributed by atoms with Crippen molar-refractivity contribution in [3.05, 3.63) is 24.3 Å². The zero-order valence-corrected chi connectivity index (χ0v) is 20.4. The molecule has 2 N–H and O–H groups in total. The van der Waals surface area contributed by atoms with E-state index in [1.54, 1.807) is 5.32 Å². The van der Waals surface area contributed by atoms with Crippen LogP contribution in [-0.4, -0.2) is 75.6 Å². The summed E-state index contributed by atoms with van der Waals surface area (Å²) in [6.45, 7) is -5.54. The Bertz CT molecular complexity index is 1250. The van der Waals surface area contributed by atoms with Crippen molar-refractivity contribution in [2.75, 3.05) is 28.8 Å². The van der Waals surface area contributed by atoms with Gasteiger partial charge in [-0.1, -0.05) is 12.1 Å². The first-order valence-electron chi connectivity index (χ1n) is 10.5. The average Bonchev–Trinajstić information content (AvgIpc) is 2.90. The molecule has 40 heavy (non-hydrogen) atoms. The van der Waals surface area contributed by atoms with Crippen LogP contribution in [0.4, 0.5) is 59.7 Å². The molecular weight excluding hydrogens is 605 g/mol. The van der Waals surface area contributed by atoms with Crippen molar-refractivity contribution < 1.29 is 71.1 Å². The number of para-hydroxylation sites is 2. The molecule has 1 aliphatic heterocycles. The quantitative estimate of drug-likeness (QED) is 0.359. The van der Waals surface area contributed by atoms with E-state index in [1.807, 2.05) is 0 Å². The fourth-order valence-electron chi connectivity index (χ4n) is 3.22. The third-order valence-electron chi connectivity index (χ3n) is 5.28. The lowest BCUT2D eigenvalue weighted by Crippen LogP contribution is -2.57. The van der Waals surface area contributed by atoms with Gasteiger partial charge in [-0.05, 0) is 19.1 Å². The molecule has 1 aromatic carbocycles. The van der Waals surface area contributed by atoms with Crippen LogP contribution in [0.5, 0.6) is 0 Å². The lowest BCUT2D eigenvalue weighted by Gasteiger charge is -2.27. The molecule has 0 radical (unpaired) electrons. The molecule has 9 nitrogen and oxygen atoms in total. The van der Waals surface area contributed by atoms with Gasteiger partial charge in [-0.2, -0.15) is 56.7 Å². The number of nitrogens with one attached hydrogen (secondary N) is 2. The smallest absolute Gasteiger partial charge is 0.349 e. The highest BCUT2D eigenvalue weighted by atomic mass is 32.2. The highest BCUT2D eigenvalue weighted by molar-refractivity contribution is 7.93. The summed E-state index contributed by atoms with van der Waals surface area (Å²) in [5, 5.41) is 2.69. The van der Waals surface area contributed by atoms with E-state index in [9.17, 15) is 71.1 Å². The summed E-state index contributed by atoms with van der Waals surface area (Å²) < 4.78 is 167. The molecule has 1 aromatic rings. The molecule has 21 heteroatoms. The third kappa shape index (κ3) is 7.02. The molecule has 0 saturated carbocycles. The highest BCUT2D eigenvalue weighted by Crippen LogP contribution is 2.40. The van der Waals surface area contributed by atoms with Crippen LogP contribution in [0.3, 0.4) is 0 Å². The van der Waals surface area contributed by atoms with Crippen molar-refractivity contribution in [3.63, 3.8) is 0 Å². The van der Waals surface area contributed by atoms with Gasteiger partial charge in [0.15, 0.2) is 0 Å². The Morgan fingerprint density at radius 2 is 1.48 bits per heavy atom. The van der Waals surface area contributed by atoms with E-state index in [-0.39, 0.29) is 4.90 Å². The van der Waals surface area contributed by atoms with Gasteiger partial charge < -0.3 is 10.6 Å². The van der Waals surface area contributed by atoms with E-state index in [0.717, 1.165) is 17.4 Å². The molecule has 2 rings (SSSR count). The number of benzene rings is 1. The summed E-state index contributed by atoms with van der Waals surface area (Å²) in [6.07, 6.45) is -11.3. The van der Waals surface area contributed by atoms with Gasteiger partial charge in [0.25, 0.3) is 5.91 Å². The number of hydrogen-bond donors (Lipinski definition) is 2. The van der Waals surface area contributed by atoms with E-state index < -0.39 is 98.8 Å². The predicted molar refractivity (Wildman–Crippen MR) is 112 cm³/mol. The van der Waals surface area contributed by atoms with Crippen LogP contribution in [0.1, 0.15) is 6.92 Å². The average molecular weight is 622 g/mol. The number of halogens is 11. The molecule has 3 amide bonds. The molecule has 1 unspecified atom stereocenters. The van der Waals surface area contributed by atoms with Gasteiger partial charge in [0.2, 0.25) is 11.8 Å². The Balaban J connectivity index is 2.46. The minimum atomic E-state index is -6.42. The Labute approximate surface area is 217 Å². The summed E-state index contributed by atoms with van der Waals surface area (Å²) in [5.41, 5.74) is -8.03. The maximum atomic E-state index is 13.4. The van der Waals surface area contributed by atoms with Crippen LogP contribution in [0.2, 0.25) is 0 Å². The van der Waals surface area contributed by atoms with Crippen LogP contribution < -0.4 is 19.8 Å². The van der Waals surface area contributed by atoms with Gasteiger partial charge in [-0.25, -0.2) is 0 Å². The number of fused-ring (bicyclic) bond motifs is 1. The molecule has 1 aliphatic rings. The normalized spacial score (nSPS) is 18.1. The lowest BCUT2D eigenvalue weighted by molar-refractivity contribution is -0.278. The number of hydrogen-bond acceptors (Lipinski definition) is 5. The maximum Gasteiger partial charge on any atom is 0.516 e. The number of amides is 3. The number of anilines is 2. The summed E-state index contributed by atoms with van der Waals surface area (Å²) in [5.74, 6) is -13.0. The zero-order chi connectivity index (χ0) is 31.1. The van der Waals surface area contributed by atoms with Crippen LogP contribution in [0, 0.1) is 5.92 Å². The second-order valence-corrected chi connectivity index (χ2v) is 10.1. The van der Waals surface area contributed by atoms with E-state index in [1.165, 1.54) is 0 Å². The van der Waals surface area contributed by atoms with Gasteiger partial charge >= 0.3 is 33.8 Å². The minimum Gasteiger partial charge on any atom is -0.349 e. The van der Waals surface area contributed by atoms with Crippen LogP contribution >= 0.6 is 0 Å². The molecule has 0 aromatic heterocycles. The molecule has 226 valence electrons. The van der Waals surface area contributed by atoms with Crippen LogP contribution in [0.25, 0.3) is 0 Å². The molecule has 1 heterocycles. The van der Waals surface area contributed by atoms with E-state index in [4.69, 9.17) is 0 Å². The van der Waals surface area contributed by atoms with E-state index in [2.05, 4.69) is 0 Å². The van der Waals surface area contributed by atoms with Crippen molar-refractivity contribution in [2.45, 2.75) is 36.7 Å². The summed E-state index contributed by atoms with van der Waals surface area (Å²) in [4.78, 5) is 37.3. The van der Waals surface area contributed by atoms with Gasteiger partial charge in [0.05, 0.1) is 24.5 Å². The van der Waals surface area contributed by atoms with Crippen molar-refractivity contribution in [1.82, 2.24) is 10.6 Å². The molecule has 0 bridgehead atoms. The summed E-state index contributed by atoms with van der Waals surface area (Å²) >= 11 is 0. The maximum absolute atomic E-state index is 13.4. The Kier molecular flexibility index (Phi) is 8.93. The first-order chi connectivity index (χ1) is 17.9. The van der Waals surface area contributed by atoms with Crippen molar-refractivity contribution in [3.8, 4) is 0 Å². The molecular formula is C19H17F11N4O5S. The van der Waals surface area contributed by atoms with Crippen molar-refractivity contribution >= 4 is 39.1 Å². The standard InChI is InChI=1S/C19H17F11N4O5S/c1-9(13(35)31-7-16(20,21)18(25,26)27)14(36)32-10-6-34(40(38,39)19(28,29)30)12-5-3-2-4-11(12)33(15(10)37)8-17(22,23)24/h2-5,9-10H,6-8H2,1H3,(H,31,35)(H,32,36)/t9?,10-/m0/s1. The van der Waals surface area contributed by atoms with Crippen LogP contribution in [-0.2, 0) is 24.4 Å². The molecule has 0 saturated heterocycles. The zero-order valence-electron chi connectivity index (χ0n) is 19.6. The first kappa shape index (κ1) is 32.8. The van der Waals surface area contributed by atoms with Crippen LogP contribution in [0.15, 0.2) is 24.3 Å². The van der Waals surface area contributed by atoms with E-state index >= 15 is 0 Å². The predicted octanol–water partition coefficient (Wildman–Crippen LogP) is 2.69. The molecule has 2 atom stereocenters. The SMILES string of the molecule is CC(C(=O)NCC(F)(F)C(F)(F)F)C(=O)N[C@H]1CN(S(=O)(=O)C(F)(F)F)c2ccccc2N(CC(F)(F)F)C1=O. The number of nitrogens with zero attached hydrogens (tertiary/aromatic N) is 2. The van der Waals surface area contributed by atoms with Crippen molar-refractivity contribution in [2.24, 2.45) is 5.92 Å². The minimum absolute atomic E-state index is 0.166. The fourth-order valence-corrected chi connectivity index (χ4v) is 4.23. The largest absolute Gasteiger partial charge is 0.516 e. The number of rotatable bonds is 7. The number of alkyl halides is 11. The molecule has 0 spiro atoms. The summed E-state index contributed by atoms with van der Waals surface area (Å²) in [7, 11) is -6.42. The first-order valence-corrected chi connectivity index (χ1v) is 11.9. The van der Waals surface area contributed by atoms with Gasteiger partial charge in [-0.15, -0.1) is 0 Å². The van der Waals surface area contributed by atoms with E-state index in [0.29, 0.717) is 19.1 Å². The van der Waals surface area contributed by atoms with Crippen molar-refractivity contribution in [1.29, 1.82) is 0 Å². The Hall–Kier alpha value is -3.39. The number of sulfonamides is 1. The monoisotopic (exact) mass is 622 g/mol. The highest BCUT2D eigenvalue weighted by Gasteiger charge is 2.57. The second kappa shape index (κ2) is 10.9. The molecule has 0 fully saturated rings. The number of carbonyl (C=O) groups excluding carboxylic acids is 3. The lowest BCUT2D eigenvalue weighted by atomic mass is 10.1. The fraction of sp³-hybridized carbons (Fsp3) is 0.526. The Morgan fingerprint density at radius 3 is 1.95 bits per heavy atom. The van der Waals surface area contributed by atoms with Gasteiger partial charge in [0, 0.05) is 0 Å².